The smallest absolute Gasteiger partial charge is 0.125 e. The maximum absolute atomic E-state index is 10.1. The molecule has 0 spiro atoms. The number of phenolic OH excluding ortho intramolecular Hbond substituents is 1. The van der Waals surface area contributed by atoms with Gasteiger partial charge in [0.25, 0.3) is 0 Å². The fourth-order valence-electron chi connectivity index (χ4n) is 2.34. The highest BCUT2D eigenvalue weighted by Crippen LogP contribution is 2.32. The van der Waals surface area contributed by atoms with Gasteiger partial charge in [-0.25, -0.2) is 0 Å². The number of nitrogens with zero attached hydrogens (tertiary/aromatic N) is 1. The van der Waals surface area contributed by atoms with E-state index in [1.54, 1.807) is 6.07 Å². The lowest BCUT2D eigenvalue weighted by molar-refractivity contribution is 0.477. The van der Waals surface area contributed by atoms with Crippen LogP contribution in [0.3, 0.4) is 0 Å². The van der Waals surface area contributed by atoms with E-state index in [0.717, 1.165) is 22.5 Å². The molecule has 3 aromatic rings. The molecule has 0 saturated heterocycles. The van der Waals surface area contributed by atoms with Crippen molar-refractivity contribution in [3.05, 3.63) is 60.2 Å². The predicted octanol–water partition coefficient (Wildman–Crippen LogP) is 4.57. The van der Waals surface area contributed by atoms with Crippen molar-refractivity contribution in [2.75, 3.05) is 0 Å². The van der Waals surface area contributed by atoms with Crippen molar-refractivity contribution in [1.29, 1.82) is 0 Å². The molecule has 0 bridgehead atoms. The first kappa shape index (κ1) is 13.4. The van der Waals surface area contributed by atoms with Crippen LogP contribution in [0.2, 0.25) is 0 Å². The van der Waals surface area contributed by atoms with E-state index in [-0.39, 0.29) is 5.75 Å². The predicted molar refractivity (Wildman–Crippen MR) is 85.2 cm³/mol. The zero-order valence-electron chi connectivity index (χ0n) is 12.2. The largest absolute Gasteiger partial charge is 0.507 e. The second-order valence-corrected chi connectivity index (χ2v) is 5.46. The summed E-state index contributed by atoms with van der Waals surface area (Å²) in [5.74, 6) is 0.669. The summed E-state index contributed by atoms with van der Waals surface area (Å²) in [6.07, 6.45) is 0. The lowest BCUT2D eigenvalue weighted by Gasteiger charge is -2.08. The Morgan fingerprint density at radius 2 is 1.76 bits per heavy atom. The van der Waals surface area contributed by atoms with Gasteiger partial charge in [0, 0.05) is 5.56 Å². The van der Waals surface area contributed by atoms with Crippen molar-refractivity contribution in [2.45, 2.75) is 19.8 Å². The third-order valence-corrected chi connectivity index (χ3v) is 3.63. The fraction of sp³-hybridized carbons (Fsp3) is 0.167. The van der Waals surface area contributed by atoms with Crippen molar-refractivity contribution >= 4 is 0 Å². The Kier molecular flexibility index (Phi) is 3.48. The first-order chi connectivity index (χ1) is 10.1. The molecule has 106 valence electrons. The van der Waals surface area contributed by atoms with Gasteiger partial charge >= 0.3 is 0 Å². The highest BCUT2D eigenvalue weighted by Gasteiger charge is 2.11. The zero-order chi connectivity index (χ0) is 14.8. The van der Waals surface area contributed by atoms with E-state index >= 15 is 0 Å². The minimum Gasteiger partial charge on any atom is -0.507 e. The molecule has 2 N–H and O–H groups in total. The third kappa shape index (κ3) is 2.68. The topological polar surface area (TPSA) is 48.9 Å². The lowest BCUT2D eigenvalue weighted by Crippen LogP contribution is -1.88. The van der Waals surface area contributed by atoms with Gasteiger partial charge in [0.15, 0.2) is 0 Å². The number of phenols is 1. The molecule has 0 aliphatic rings. The molecule has 0 saturated carbocycles. The molecule has 0 unspecified atom stereocenters. The average molecular weight is 278 g/mol. The molecule has 3 heteroatoms. The standard InChI is InChI=1S/C18H18N2O/c1-12(2)14-8-9-18(21)15(10-14)17-11-16(19-20-17)13-6-4-3-5-7-13/h3-12,21H,1-2H3,(H,19,20). The molecule has 0 radical (unpaired) electrons. The molecule has 0 aliphatic heterocycles. The monoisotopic (exact) mass is 278 g/mol. The van der Waals surface area contributed by atoms with Gasteiger partial charge in [0.05, 0.1) is 11.4 Å². The fourth-order valence-corrected chi connectivity index (χ4v) is 2.34. The maximum atomic E-state index is 10.1. The van der Waals surface area contributed by atoms with Gasteiger partial charge in [-0.2, -0.15) is 5.10 Å². The Bertz CT molecular complexity index is 745. The molecular weight excluding hydrogens is 260 g/mol. The normalized spacial score (nSPS) is 11.0. The van der Waals surface area contributed by atoms with Crippen LogP contribution in [0.15, 0.2) is 54.6 Å². The second kappa shape index (κ2) is 5.44. The van der Waals surface area contributed by atoms with E-state index in [9.17, 15) is 5.11 Å². The molecule has 0 aliphatic carbocycles. The van der Waals surface area contributed by atoms with Crippen LogP contribution in [-0.4, -0.2) is 15.3 Å². The Morgan fingerprint density at radius 3 is 2.48 bits per heavy atom. The van der Waals surface area contributed by atoms with Crippen molar-refractivity contribution in [1.82, 2.24) is 10.2 Å². The quantitative estimate of drug-likeness (QED) is 0.737. The third-order valence-electron chi connectivity index (χ3n) is 3.63. The molecule has 1 aromatic heterocycles. The number of hydrogen-bond acceptors (Lipinski definition) is 2. The Balaban J connectivity index is 2.02. The van der Waals surface area contributed by atoms with E-state index in [4.69, 9.17) is 0 Å². The van der Waals surface area contributed by atoms with Crippen LogP contribution in [0, 0.1) is 0 Å². The minimum absolute atomic E-state index is 0.255. The van der Waals surface area contributed by atoms with Crippen molar-refractivity contribution in [3.8, 4) is 28.3 Å². The van der Waals surface area contributed by atoms with Gasteiger partial charge in [0.2, 0.25) is 0 Å². The van der Waals surface area contributed by atoms with Crippen molar-refractivity contribution in [2.24, 2.45) is 0 Å². The molecule has 2 aromatic carbocycles. The van der Waals surface area contributed by atoms with E-state index < -0.39 is 0 Å². The van der Waals surface area contributed by atoms with Crippen molar-refractivity contribution in [3.63, 3.8) is 0 Å². The molecule has 0 atom stereocenters. The van der Waals surface area contributed by atoms with Gasteiger partial charge in [-0.1, -0.05) is 50.2 Å². The highest BCUT2D eigenvalue weighted by molar-refractivity contribution is 5.72. The van der Waals surface area contributed by atoms with Crippen molar-refractivity contribution < 1.29 is 5.11 Å². The SMILES string of the molecule is CC(C)c1ccc(O)c(-c2cc(-c3ccccc3)[nH]n2)c1. The number of hydrogen-bond donors (Lipinski definition) is 2. The molecule has 0 fully saturated rings. The van der Waals surface area contributed by atoms with E-state index in [1.165, 1.54) is 5.56 Å². The molecule has 21 heavy (non-hydrogen) atoms. The summed E-state index contributed by atoms with van der Waals surface area (Å²) in [5, 5.41) is 17.5. The van der Waals surface area contributed by atoms with Gasteiger partial charge in [0.1, 0.15) is 5.75 Å². The summed E-state index contributed by atoms with van der Waals surface area (Å²) < 4.78 is 0. The number of H-pyrrole nitrogens is 1. The lowest BCUT2D eigenvalue weighted by atomic mass is 9.98. The van der Waals surface area contributed by atoms with Crippen LogP contribution in [0.5, 0.6) is 5.75 Å². The number of benzene rings is 2. The first-order valence-corrected chi connectivity index (χ1v) is 7.09. The van der Waals surface area contributed by atoms with Crippen LogP contribution >= 0.6 is 0 Å². The first-order valence-electron chi connectivity index (χ1n) is 7.09. The molecular formula is C18H18N2O. The zero-order valence-corrected chi connectivity index (χ0v) is 12.2. The summed E-state index contributed by atoms with van der Waals surface area (Å²) in [5.41, 5.74) is 4.73. The Morgan fingerprint density at radius 1 is 1.00 bits per heavy atom. The van der Waals surface area contributed by atoms with Crippen LogP contribution in [0.4, 0.5) is 0 Å². The van der Waals surface area contributed by atoms with E-state index in [2.05, 4.69) is 24.0 Å². The number of nitrogens with one attached hydrogen (secondary N) is 1. The maximum Gasteiger partial charge on any atom is 0.125 e. The van der Waals surface area contributed by atoms with Gasteiger partial charge < -0.3 is 5.11 Å². The van der Waals surface area contributed by atoms with Crippen LogP contribution in [0.1, 0.15) is 25.3 Å². The molecule has 1 heterocycles. The number of aromatic nitrogens is 2. The minimum atomic E-state index is 0.255. The summed E-state index contributed by atoms with van der Waals surface area (Å²) in [6.45, 7) is 4.27. The van der Waals surface area contributed by atoms with E-state index in [0.29, 0.717) is 5.92 Å². The number of aromatic hydroxyl groups is 1. The van der Waals surface area contributed by atoms with Gasteiger partial charge in [-0.3, -0.25) is 5.10 Å². The van der Waals surface area contributed by atoms with E-state index in [1.807, 2.05) is 48.5 Å². The second-order valence-electron chi connectivity index (χ2n) is 5.46. The summed E-state index contributed by atoms with van der Waals surface area (Å²) in [4.78, 5) is 0. The highest BCUT2D eigenvalue weighted by atomic mass is 16.3. The number of aromatic amines is 1. The summed E-state index contributed by atoms with van der Waals surface area (Å²) in [7, 11) is 0. The van der Waals surface area contributed by atoms with Crippen LogP contribution in [-0.2, 0) is 0 Å². The van der Waals surface area contributed by atoms with Gasteiger partial charge in [-0.15, -0.1) is 0 Å². The van der Waals surface area contributed by atoms with Gasteiger partial charge in [-0.05, 0) is 35.2 Å². The molecule has 3 rings (SSSR count). The Hall–Kier alpha value is -2.55. The summed E-state index contributed by atoms with van der Waals surface area (Å²) in [6, 6.07) is 17.7. The summed E-state index contributed by atoms with van der Waals surface area (Å²) >= 11 is 0. The van der Waals surface area contributed by atoms with Crippen LogP contribution < -0.4 is 0 Å². The Labute approximate surface area is 124 Å². The van der Waals surface area contributed by atoms with Crippen LogP contribution in [0.25, 0.3) is 22.5 Å². The molecule has 0 amide bonds. The average Bonchev–Trinajstić information content (AvgIpc) is 2.98. The molecule has 3 nitrogen and oxygen atoms in total. The number of rotatable bonds is 3.